The standard InChI is InChI=1S/C14H23FN2O2S/c1-9-6-11(7-12(16)13(9)15)20(18,19)17-8-10(2)14(3,4)5/h6-7,10,17H,8,16H2,1-5H3. The number of rotatable bonds is 4. The summed E-state index contributed by atoms with van der Waals surface area (Å²) in [6, 6.07) is 2.43. The monoisotopic (exact) mass is 302 g/mol. The molecule has 0 fully saturated rings. The van der Waals surface area contributed by atoms with Crippen molar-refractivity contribution < 1.29 is 12.8 Å². The van der Waals surface area contributed by atoms with Crippen molar-refractivity contribution >= 4 is 15.7 Å². The summed E-state index contributed by atoms with van der Waals surface area (Å²) in [5.41, 5.74) is 5.54. The van der Waals surface area contributed by atoms with Gasteiger partial charge in [0.05, 0.1) is 10.6 Å². The van der Waals surface area contributed by atoms with Gasteiger partial charge in [-0.2, -0.15) is 0 Å². The first-order chi connectivity index (χ1) is 8.95. The van der Waals surface area contributed by atoms with Crippen LogP contribution in [0.3, 0.4) is 0 Å². The van der Waals surface area contributed by atoms with Crippen LogP contribution in [0.2, 0.25) is 0 Å². The predicted molar refractivity (Wildman–Crippen MR) is 79.4 cm³/mol. The van der Waals surface area contributed by atoms with Crippen LogP contribution in [0.15, 0.2) is 17.0 Å². The highest BCUT2D eigenvalue weighted by molar-refractivity contribution is 7.89. The van der Waals surface area contributed by atoms with Crippen LogP contribution in [0.25, 0.3) is 0 Å². The maximum absolute atomic E-state index is 13.4. The quantitative estimate of drug-likeness (QED) is 0.840. The van der Waals surface area contributed by atoms with Gasteiger partial charge in [0.25, 0.3) is 0 Å². The smallest absolute Gasteiger partial charge is 0.240 e. The van der Waals surface area contributed by atoms with Crippen molar-refractivity contribution in [2.75, 3.05) is 12.3 Å². The summed E-state index contributed by atoms with van der Waals surface area (Å²) in [7, 11) is -3.67. The average Bonchev–Trinajstić information content (AvgIpc) is 2.31. The zero-order valence-electron chi connectivity index (χ0n) is 12.6. The van der Waals surface area contributed by atoms with E-state index in [9.17, 15) is 12.8 Å². The lowest BCUT2D eigenvalue weighted by molar-refractivity contribution is 0.263. The van der Waals surface area contributed by atoms with Crippen molar-refractivity contribution in [3.8, 4) is 0 Å². The molecule has 0 saturated carbocycles. The van der Waals surface area contributed by atoms with Crippen molar-refractivity contribution in [3.63, 3.8) is 0 Å². The molecule has 20 heavy (non-hydrogen) atoms. The van der Waals surface area contributed by atoms with E-state index in [0.29, 0.717) is 6.54 Å². The zero-order chi connectivity index (χ0) is 15.7. The van der Waals surface area contributed by atoms with Gasteiger partial charge < -0.3 is 5.73 Å². The molecule has 0 heterocycles. The molecule has 1 unspecified atom stereocenters. The topological polar surface area (TPSA) is 72.2 Å². The molecule has 1 aromatic carbocycles. The second kappa shape index (κ2) is 5.69. The number of nitrogens with two attached hydrogens (primary N) is 1. The second-order valence-electron chi connectivity index (χ2n) is 6.26. The Balaban J connectivity index is 2.96. The minimum atomic E-state index is -3.67. The van der Waals surface area contributed by atoms with Gasteiger partial charge in [-0.05, 0) is 36.0 Å². The SMILES string of the molecule is Cc1cc(S(=O)(=O)NCC(C)C(C)(C)C)cc(N)c1F. The van der Waals surface area contributed by atoms with Crippen LogP contribution in [-0.2, 0) is 10.0 Å². The predicted octanol–water partition coefficient (Wildman–Crippen LogP) is 2.68. The highest BCUT2D eigenvalue weighted by atomic mass is 32.2. The maximum Gasteiger partial charge on any atom is 0.240 e. The van der Waals surface area contributed by atoms with E-state index >= 15 is 0 Å². The molecule has 6 heteroatoms. The summed E-state index contributed by atoms with van der Waals surface area (Å²) in [4.78, 5) is -0.00462. The number of aryl methyl sites for hydroxylation is 1. The summed E-state index contributed by atoms with van der Waals surface area (Å²) in [6.07, 6.45) is 0. The maximum atomic E-state index is 13.4. The van der Waals surface area contributed by atoms with Gasteiger partial charge in [0, 0.05) is 6.54 Å². The van der Waals surface area contributed by atoms with Gasteiger partial charge in [-0.15, -0.1) is 0 Å². The van der Waals surface area contributed by atoms with Crippen LogP contribution in [0.4, 0.5) is 10.1 Å². The average molecular weight is 302 g/mol. The highest BCUT2D eigenvalue weighted by Gasteiger charge is 2.23. The first-order valence-electron chi connectivity index (χ1n) is 6.50. The largest absolute Gasteiger partial charge is 0.396 e. The van der Waals surface area contributed by atoms with E-state index in [1.165, 1.54) is 13.0 Å². The van der Waals surface area contributed by atoms with Crippen molar-refractivity contribution in [2.24, 2.45) is 11.3 Å². The third kappa shape index (κ3) is 3.93. The Bertz CT molecular complexity index is 569. The van der Waals surface area contributed by atoms with Gasteiger partial charge in [0.2, 0.25) is 10.0 Å². The van der Waals surface area contributed by atoms with E-state index in [-0.39, 0.29) is 27.5 Å². The zero-order valence-corrected chi connectivity index (χ0v) is 13.4. The highest BCUT2D eigenvalue weighted by Crippen LogP contribution is 2.25. The lowest BCUT2D eigenvalue weighted by Gasteiger charge is -2.27. The number of hydrogen-bond donors (Lipinski definition) is 2. The molecule has 1 aromatic rings. The van der Waals surface area contributed by atoms with Gasteiger partial charge in [0.15, 0.2) is 0 Å². The molecule has 0 aliphatic heterocycles. The number of benzene rings is 1. The number of nitrogen functional groups attached to an aromatic ring is 1. The minimum Gasteiger partial charge on any atom is -0.396 e. The fourth-order valence-electron chi connectivity index (χ4n) is 1.54. The molecule has 0 bridgehead atoms. The van der Waals surface area contributed by atoms with Crippen LogP contribution in [0, 0.1) is 24.1 Å². The molecule has 0 aromatic heterocycles. The van der Waals surface area contributed by atoms with Crippen LogP contribution in [-0.4, -0.2) is 15.0 Å². The molecular weight excluding hydrogens is 279 g/mol. The molecule has 1 rings (SSSR count). The minimum absolute atomic E-state index is 0.000258. The van der Waals surface area contributed by atoms with Crippen molar-refractivity contribution in [1.82, 2.24) is 4.72 Å². The van der Waals surface area contributed by atoms with Crippen LogP contribution in [0.1, 0.15) is 33.3 Å². The van der Waals surface area contributed by atoms with E-state index in [1.54, 1.807) is 0 Å². The fraction of sp³-hybridized carbons (Fsp3) is 0.571. The molecule has 0 amide bonds. The normalized spacial score (nSPS) is 14.3. The molecular formula is C14H23FN2O2S. The van der Waals surface area contributed by atoms with E-state index in [1.807, 2.05) is 27.7 Å². The lowest BCUT2D eigenvalue weighted by Crippen LogP contribution is -2.33. The number of halogens is 1. The number of nitrogens with one attached hydrogen (secondary N) is 1. The summed E-state index contributed by atoms with van der Waals surface area (Å²) < 4.78 is 40.4. The summed E-state index contributed by atoms with van der Waals surface area (Å²) in [6.45, 7) is 9.93. The van der Waals surface area contributed by atoms with E-state index in [4.69, 9.17) is 5.73 Å². The van der Waals surface area contributed by atoms with Gasteiger partial charge in [-0.25, -0.2) is 17.5 Å². The Labute approximate surface area is 120 Å². The Morgan fingerprint density at radius 3 is 2.35 bits per heavy atom. The molecule has 3 N–H and O–H groups in total. The molecule has 0 saturated heterocycles. The van der Waals surface area contributed by atoms with Crippen LogP contribution in [0.5, 0.6) is 0 Å². The number of sulfonamides is 1. The molecule has 0 aliphatic carbocycles. The molecule has 0 radical (unpaired) electrons. The lowest BCUT2D eigenvalue weighted by atomic mass is 9.82. The summed E-state index contributed by atoms with van der Waals surface area (Å²) >= 11 is 0. The molecule has 114 valence electrons. The summed E-state index contributed by atoms with van der Waals surface area (Å²) in [5.74, 6) is -0.414. The van der Waals surface area contributed by atoms with Gasteiger partial charge >= 0.3 is 0 Å². The first-order valence-corrected chi connectivity index (χ1v) is 7.98. The third-order valence-electron chi connectivity index (χ3n) is 3.62. The van der Waals surface area contributed by atoms with E-state index in [2.05, 4.69) is 4.72 Å². The van der Waals surface area contributed by atoms with Crippen molar-refractivity contribution in [2.45, 2.75) is 39.5 Å². The van der Waals surface area contributed by atoms with Crippen molar-refractivity contribution in [1.29, 1.82) is 0 Å². The van der Waals surface area contributed by atoms with Gasteiger partial charge in [-0.3, -0.25) is 0 Å². The number of anilines is 1. The van der Waals surface area contributed by atoms with Gasteiger partial charge in [-0.1, -0.05) is 27.7 Å². The Kier molecular flexibility index (Phi) is 4.82. The van der Waals surface area contributed by atoms with Crippen molar-refractivity contribution in [3.05, 3.63) is 23.5 Å². The molecule has 0 spiro atoms. The first kappa shape index (κ1) is 16.9. The fourth-order valence-corrected chi connectivity index (χ4v) is 2.79. The summed E-state index contributed by atoms with van der Waals surface area (Å²) in [5, 5.41) is 0. The molecule has 0 aliphatic rings. The third-order valence-corrected chi connectivity index (χ3v) is 5.03. The van der Waals surface area contributed by atoms with Gasteiger partial charge in [0.1, 0.15) is 5.82 Å². The van der Waals surface area contributed by atoms with E-state index < -0.39 is 15.8 Å². The van der Waals surface area contributed by atoms with Crippen LogP contribution < -0.4 is 10.5 Å². The molecule has 4 nitrogen and oxygen atoms in total. The Hall–Kier alpha value is -1.14. The second-order valence-corrected chi connectivity index (χ2v) is 8.03. The number of hydrogen-bond acceptors (Lipinski definition) is 3. The Morgan fingerprint density at radius 2 is 1.90 bits per heavy atom. The van der Waals surface area contributed by atoms with E-state index in [0.717, 1.165) is 6.07 Å². The van der Waals surface area contributed by atoms with Crippen LogP contribution >= 0.6 is 0 Å². The Morgan fingerprint density at radius 1 is 1.35 bits per heavy atom. The molecule has 1 atom stereocenters.